The second-order valence-electron chi connectivity index (χ2n) is 4.49. The summed E-state index contributed by atoms with van der Waals surface area (Å²) in [6.45, 7) is 5.99. The third kappa shape index (κ3) is 1.74. The van der Waals surface area contributed by atoms with Crippen LogP contribution in [0.2, 0.25) is 0 Å². The van der Waals surface area contributed by atoms with Crippen molar-refractivity contribution >= 4 is 10.8 Å². The number of rotatable bonds is 2. The quantitative estimate of drug-likeness (QED) is 0.843. The van der Waals surface area contributed by atoms with E-state index in [1.165, 1.54) is 10.8 Å². The van der Waals surface area contributed by atoms with Crippen molar-refractivity contribution in [1.29, 1.82) is 0 Å². The largest absolute Gasteiger partial charge is 0.347 e. The lowest BCUT2D eigenvalue weighted by Gasteiger charge is -2.14. The van der Waals surface area contributed by atoms with Crippen molar-refractivity contribution < 1.29 is 0 Å². The monoisotopic (exact) mass is 237 g/mol. The number of hydrogen-bond acceptors (Lipinski definition) is 3. The number of benzene rings is 1. The molecule has 1 aromatic carbocycles. The lowest BCUT2D eigenvalue weighted by molar-refractivity contribution is 0.794. The van der Waals surface area contributed by atoms with Gasteiger partial charge in [-0.15, -0.1) is 0 Å². The molecule has 3 rings (SSSR count). The van der Waals surface area contributed by atoms with E-state index in [0.29, 0.717) is 0 Å². The van der Waals surface area contributed by atoms with Gasteiger partial charge in [-0.05, 0) is 11.5 Å². The molecule has 18 heavy (non-hydrogen) atoms. The molecule has 0 amide bonds. The molecule has 0 spiro atoms. The zero-order valence-corrected chi connectivity index (χ0v) is 10.3. The average molecular weight is 237 g/mol. The van der Waals surface area contributed by atoms with Crippen LogP contribution in [0.3, 0.4) is 0 Å². The molecule has 0 radical (unpaired) electrons. The van der Waals surface area contributed by atoms with E-state index >= 15 is 0 Å². The van der Waals surface area contributed by atoms with Gasteiger partial charge in [-0.3, -0.25) is 4.98 Å². The van der Waals surface area contributed by atoms with E-state index in [9.17, 15) is 0 Å². The molecule has 0 fully saturated rings. The van der Waals surface area contributed by atoms with Crippen molar-refractivity contribution in [2.24, 2.45) is 0 Å². The van der Waals surface area contributed by atoms with Gasteiger partial charge < -0.3 is 10.6 Å². The highest BCUT2D eigenvalue weighted by atomic mass is 15.1. The van der Waals surface area contributed by atoms with Gasteiger partial charge in [0, 0.05) is 29.4 Å². The second-order valence-corrected chi connectivity index (χ2v) is 4.49. The van der Waals surface area contributed by atoms with Gasteiger partial charge in [0.25, 0.3) is 0 Å². The first-order valence-electron chi connectivity index (χ1n) is 6.02. The van der Waals surface area contributed by atoms with E-state index in [-0.39, 0.29) is 5.92 Å². The number of pyridine rings is 1. The summed E-state index contributed by atoms with van der Waals surface area (Å²) in [4.78, 5) is 4.54. The first-order valence-corrected chi connectivity index (χ1v) is 6.02. The molecule has 3 nitrogen and oxygen atoms in total. The SMILES string of the molecule is C=C1NC=C(C(C)c2nccc3ccccc23)N1. The van der Waals surface area contributed by atoms with Crippen LogP contribution in [0.5, 0.6) is 0 Å². The third-order valence-electron chi connectivity index (χ3n) is 3.28. The van der Waals surface area contributed by atoms with Crippen molar-refractivity contribution in [3.63, 3.8) is 0 Å². The van der Waals surface area contributed by atoms with Crippen LogP contribution in [0, 0.1) is 0 Å². The van der Waals surface area contributed by atoms with Crippen LogP contribution in [0.4, 0.5) is 0 Å². The van der Waals surface area contributed by atoms with E-state index in [1.807, 2.05) is 30.6 Å². The number of allylic oxidation sites excluding steroid dienone is 1. The smallest absolute Gasteiger partial charge is 0.0995 e. The van der Waals surface area contributed by atoms with Crippen molar-refractivity contribution in [1.82, 2.24) is 15.6 Å². The molecule has 0 bridgehead atoms. The molecular formula is C15H15N3. The Hall–Kier alpha value is -2.29. The Kier molecular flexibility index (Phi) is 2.52. The van der Waals surface area contributed by atoms with E-state index in [2.05, 4.69) is 41.3 Å². The highest BCUT2D eigenvalue weighted by Crippen LogP contribution is 2.28. The summed E-state index contributed by atoms with van der Waals surface area (Å²) in [7, 11) is 0. The first-order chi connectivity index (χ1) is 8.75. The Morgan fingerprint density at radius 1 is 1.22 bits per heavy atom. The summed E-state index contributed by atoms with van der Waals surface area (Å²) in [5.41, 5.74) is 2.19. The maximum Gasteiger partial charge on any atom is 0.0995 e. The minimum absolute atomic E-state index is 0.211. The average Bonchev–Trinajstić information content (AvgIpc) is 2.84. The number of hydrogen-bond donors (Lipinski definition) is 2. The Morgan fingerprint density at radius 3 is 2.83 bits per heavy atom. The molecular weight excluding hydrogens is 222 g/mol. The maximum atomic E-state index is 4.54. The van der Waals surface area contributed by atoms with Crippen LogP contribution in [0.1, 0.15) is 18.5 Å². The predicted octanol–water partition coefficient (Wildman–Crippen LogP) is 2.84. The third-order valence-corrected chi connectivity index (χ3v) is 3.28. The highest BCUT2D eigenvalue weighted by Gasteiger charge is 2.18. The molecule has 0 saturated carbocycles. The number of nitrogens with one attached hydrogen (secondary N) is 2. The summed E-state index contributed by atoms with van der Waals surface area (Å²) in [6, 6.07) is 10.4. The second kappa shape index (κ2) is 4.18. The molecule has 2 aromatic rings. The summed E-state index contributed by atoms with van der Waals surface area (Å²) in [5.74, 6) is 1.03. The lowest BCUT2D eigenvalue weighted by atomic mass is 9.98. The molecule has 1 aliphatic heterocycles. The summed E-state index contributed by atoms with van der Waals surface area (Å²) < 4.78 is 0. The highest BCUT2D eigenvalue weighted by molar-refractivity contribution is 5.85. The van der Waals surface area contributed by atoms with Gasteiger partial charge in [-0.25, -0.2) is 0 Å². The number of aromatic nitrogens is 1. The Balaban J connectivity index is 2.06. The van der Waals surface area contributed by atoms with Gasteiger partial charge in [0.1, 0.15) is 0 Å². The molecule has 2 heterocycles. The molecule has 0 aliphatic carbocycles. The van der Waals surface area contributed by atoms with Gasteiger partial charge in [-0.2, -0.15) is 0 Å². The van der Waals surface area contributed by atoms with E-state index < -0.39 is 0 Å². The van der Waals surface area contributed by atoms with E-state index in [4.69, 9.17) is 0 Å². The number of fused-ring (bicyclic) bond motifs is 1. The fourth-order valence-corrected chi connectivity index (χ4v) is 2.28. The Morgan fingerprint density at radius 2 is 2.06 bits per heavy atom. The first kappa shape index (κ1) is 10.8. The molecule has 1 atom stereocenters. The molecule has 1 aliphatic rings. The van der Waals surface area contributed by atoms with Crippen molar-refractivity contribution in [3.8, 4) is 0 Å². The predicted molar refractivity (Wildman–Crippen MR) is 73.7 cm³/mol. The molecule has 1 aromatic heterocycles. The van der Waals surface area contributed by atoms with Crippen molar-refractivity contribution in [2.75, 3.05) is 0 Å². The lowest BCUT2D eigenvalue weighted by Crippen LogP contribution is -2.14. The van der Waals surface area contributed by atoms with Crippen LogP contribution in [0.25, 0.3) is 10.8 Å². The molecule has 2 N–H and O–H groups in total. The minimum atomic E-state index is 0.211. The van der Waals surface area contributed by atoms with Crippen molar-refractivity contribution in [2.45, 2.75) is 12.8 Å². The molecule has 0 saturated heterocycles. The number of nitrogens with zero attached hydrogens (tertiary/aromatic N) is 1. The van der Waals surface area contributed by atoms with Gasteiger partial charge in [0.15, 0.2) is 0 Å². The molecule has 1 unspecified atom stereocenters. The van der Waals surface area contributed by atoms with Crippen LogP contribution in [-0.4, -0.2) is 4.98 Å². The fourth-order valence-electron chi connectivity index (χ4n) is 2.28. The Bertz CT molecular complexity index is 638. The minimum Gasteiger partial charge on any atom is -0.347 e. The molecule has 90 valence electrons. The standard InChI is InChI=1S/C15H15N3/c1-10(14-9-17-11(2)18-14)15-13-6-4-3-5-12(13)7-8-16-15/h3-10,17-18H,2H2,1H3. The zero-order valence-electron chi connectivity index (χ0n) is 10.3. The van der Waals surface area contributed by atoms with Gasteiger partial charge >= 0.3 is 0 Å². The summed E-state index contributed by atoms with van der Waals surface area (Å²) >= 11 is 0. The van der Waals surface area contributed by atoms with E-state index in [0.717, 1.165) is 17.2 Å². The zero-order chi connectivity index (χ0) is 12.5. The summed E-state index contributed by atoms with van der Waals surface area (Å²) in [5, 5.41) is 8.73. The maximum absolute atomic E-state index is 4.54. The molecule has 3 heteroatoms. The van der Waals surface area contributed by atoms with Gasteiger partial charge in [0.2, 0.25) is 0 Å². The van der Waals surface area contributed by atoms with Crippen LogP contribution < -0.4 is 10.6 Å². The topological polar surface area (TPSA) is 37.0 Å². The van der Waals surface area contributed by atoms with Gasteiger partial charge in [-0.1, -0.05) is 37.8 Å². The van der Waals surface area contributed by atoms with E-state index in [1.54, 1.807) is 0 Å². The fraction of sp³-hybridized carbons (Fsp3) is 0.133. The van der Waals surface area contributed by atoms with Gasteiger partial charge in [0.05, 0.1) is 11.5 Å². The normalized spacial score (nSPS) is 16.1. The Labute approximate surface area is 106 Å². The van der Waals surface area contributed by atoms with Crippen LogP contribution in [-0.2, 0) is 0 Å². The van der Waals surface area contributed by atoms with Crippen molar-refractivity contribution in [3.05, 3.63) is 66.5 Å². The van der Waals surface area contributed by atoms with Crippen LogP contribution in [0.15, 0.2) is 60.8 Å². The summed E-state index contributed by atoms with van der Waals surface area (Å²) in [6.07, 6.45) is 3.82. The van der Waals surface area contributed by atoms with Crippen LogP contribution >= 0.6 is 0 Å².